The molecule has 0 spiro atoms. The summed E-state index contributed by atoms with van der Waals surface area (Å²) in [6.45, 7) is 12.4. The molecule has 6 heteroatoms. The van der Waals surface area contributed by atoms with Crippen LogP contribution < -0.4 is 0 Å². The summed E-state index contributed by atoms with van der Waals surface area (Å²) in [6, 6.07) is 20.2. The molecule has 250 valence electrons. The van der Waals surface area contributed by atoms with Gasteiger partial charge in [-0.25, -0.2) is 0 Å². The maximum atomic E-state index is 14.6. The number of hydrogen-bond acceptors (Lipinski definition) is 4. The van der Waals surface area contributed by atoms with Crippen molar-refractivity contribution in [3.05, 3.63) is 106 Å². The second-order valence-corrected chi connectivity index (χ2v) is 14.9. The number of hydrogen-bond donors (Lipinski definition) is 0. The van der Waals surface area contributed by atoms with Gasteiger partial charge in [-0.2, -0.15) is 0 Å². The summed E-state index contributed by atoms with van der Waals surface area (Å²) in [5.74, 6) is 8.26. The molecule has 0 radical (unpaired) electrons. The van der Waals surface area contributed by atoms with E-state index in [1.54, 1.807) is 6.07 Å². The Balaban J connectivity index is 1.49. The Kier molecular flexibility index (Phi) is 7.29. The van der Waals surface area contributed by atoms with E-state index >= 15 is 0 Å². The van der Waals surface area contributed by atoms with Crippen molar-refractivity contribution in [2.45, 2.75) is 47.6 Å². The zero-order valence-corrected chi connectivity index (χ0v) is 29.5. The summed E-state index contributed by atoms with van der Waals surface area (Å²) in [4.78, 5) is 59.5. The van der Waals surface area contributed by atoms with Crippen LogP contribution in [0.3, 0.4) is 0 Å². The summed E-state index contributed by atoms with van der Waals surface area (Å²) in [6.07, 6.45) is 5.58. The first-order valence-corrected chi connectivity index (χ1v) is 17.5. The standard InChI is InChI=1S/C45H36N2O4/c1-8-26-9-11-27(12-10-26)13-14-28-21-35-39-34(44(50)47(45(35)51)41(24(4)5)25(6)7)19-16-30-29-15-18-32-38-33(43(49)46(42(32)48)22-23(2)3)20-17-31(37(29)38)36(28)40(30)39/h1,9-12,15-21,23-25,41H,22H2,2-7H3. The number of amides is 4. The number of benzene rings is 6. The van der Waals surface area contributed by atoms with Crippen molar-refractivity contribution in [3.63, 3.8) is 0 Å². The smallest absolute Gasteiger partial charge is 0.261 e. The van der Waals surface area contributed by atoms with Gasteiger partial charge in [0.15, 0.2) is 0 Å². The normalized spacial score (nSPS) is 14.4. The molecule has 8 rings (SSSR count). The van der Waals surface area contributed by atoms with E-state index in [0.29, 0.717) is 45.1 Å². The van der Waals surface area contributed by atoms with Gasteiger partial charge in [-0.15, -0.1) is 6.42 Å². The van der Waals surface area contributed by atoms with Crippen molar-refractivity contribution >= 4 is 66.7 Å². The van der Waals surface area contributed by atoms with Crippen LogP contribution in [-0.4, -0.2) is 46.0 Å². The zero-order chi connectivity index (χ0) is 36.0. The van der Waals surface area contributed by atoms with Gasteiger partial charge in [0.25, 0.3) is 23.6 Å². The molecule has 6 nitrogen and oxygen atoms in total. The van der Waals surface area contributed by atoms with Crippen LogP contribution in [0, 0.1) is 41.9 Å². The highest BCUT2D eigenvalue weighted by Crippen LogP contribution is 2.48. The molecule has 0 fully saturated rings. The van der Waals surface area contributed by atoms with Gasteiger partial charge in [-0.05, 0) is 87.8 Å². The van der Waals surface area contributed by atoms with Crippen LogP contribution >= 0.6 is 0 Å². The average molecular weight is 669 g/mol. The van der Waals surface area contributed by atoms with Gasteiger partial charge >= 0.3 is 0 Å². The SMILES string of the molecule is C#Cc1ccc(C#Cc2cc3c4c(ccc5c6ccc7c8c(ccc(c2c45)c86)C(=O)N(CC(C)C)C7=O)C(=O)N(C(C(C)C)C(C)C)C3=O)cc1. The van der Waals surface area contributed by atoms with Crippen LogP contribution in [0.2, 0.25) is 0 Å². The number of carbonyl (C=O) groups is 4. The van der Waals surface area contributed by atoms with Crippen molar-refractivity contribution in [2.75, 3.05) is 6.54 Å². The Labute approximate surface area is 296 Å². The van der Waals surface area contributed by atoms with E-state index in [1.165, 1.54) is 9.80 Å². The van der Waals surface area contributed by atoms with Gasteiger partial charge in [-0.1, -0.05) is 77.5 Å². The third kappa shape index (κ3) is 4.60. The van der Waals surface area contributed by atoms with Crippen LogP contribution in [0.4, 0.5) is 0 Å². The molecule has 0 N–H and O–H groups in total. The lowest BCUT2D eigenvalue weighted by Gasteiger charge is -2.38. The Morgan fingerprint density at radius 1 is 0.549 bits per heavy atom. The highest BCUT2D eigenvalue weighted by atomic mass is 16.2. The summed E-state index contributed by atoms with van der Waals surface area (Å²) in [5.41, 5.74) is 3.99. The third-order valence-electron chi connectivity index (χ3n) is 10.5. The number of nitrogens with zero attached hydrogens (tertiary/aromatic N) is 2. The molecule has 0 unspecified atom stereocenters. The first-order valence-electron chi connectivity index (χ1n) is 17.5. The van der Waals surface area contributed by atoms with E-state index in [-0.39, 0.29) is 47.4 Å². The molecule has 4 amide bonds. The molecular weight excluding hydrogens is 633 g/mol. The molecule has 0 aromatic heterocycles. The van der Waals surface area contributed by atoms with Gasteiger partial charge in [0, 0.05) is 73.1 Å². The highest BCUT2D eigenvalue weighted by molar-refractivity contribution is 6.42. The molecule has 2 aliphatic heterocycles. The minimum atomic E-state index is -0.331. The second-order valence-electron chi connectivity index (χ2n) is 14.9. The molecule has 0 bridgehead atoms. The first kappa shape index (κ1) is 32.2. The fraction of sp³-hybridized carbons (Fsp3) is 0.244. The molecule has 2 heterocycles. The molecule has 51 heavy (non-hydrogen) atoms. The number of imide groups is 2. The van der Waals surface area contributed by atoms with Crippen molar-refractivity contribution in [2.24, 2.45) is 17.8 Å². The van der Waals surface area contributed by atoms with Gasteiger partial charge < -0.3 is 0 Å². The summed E-state index contributed by atoms with van der Waals surface area (Å²) >= 11 is 0. The summed E-state index contributed by atoms with van der Waals surface area (Å²) in [5, 5.41) is 6.04. The Hall–Kier alpha value is -5.98. The molecule has 6 aromatic carbocycles. The molecule has 2 aliphatic rings. The number of fused-ring (bicyclic) bond motifs is 2. The predicted octanol–water partition coefficient (Wildman–Crippen LogP) is 8.65. The van der Waals surface area contributed by atoms with Crippen LogP contribution in [0.15, 0.2) is 66.7 Å². The van der Waals surface area contributed by atoms with Crippen molar-refractivity contribution in [3.8, 4) is 24.2 Å². The Morgan fingerprint density at radius 3 is 1.63 bits per heavy atom. The van der Waals surface area contributed by atoms with Gasteiger partial charge in [0.05, 0.1) is 0 Å². The predicted molar refractivity (Wildman–Crippen MR) is 202 cm³/mol. The minimum Gasteiger partial charge on any atom is -0.274 e. The molecule has 0 atom stereocenters. The molecule has 0 aliphatic carbocycles. The first-order chi connectivity index (χ1) is 24.4. The third-order valence-corrected chi connectivity index (χ3v) is 10.5. The lowest BCUT2D eigenvalue weighted by atomic mass is 9.80. The fourth-order valence-electron chi connectivity index (χ4n) is 8.49. The van der Waals surface area contributed by atoms with Crippen molar-refractivity contribution in [1.29, 1.82) is 0 Å². The van der Waals surface area contributed by atoms with E-state index in [9.17, 15) is 19.2 Å². The monoisotopic (exact) mass is 668 g/mol. The molecule has 0 saturated heterocycles. The lowest BCUT2D eigenvalue weighted by Crippen LogP contribution is -2.51. The highest BCUT2D eigenvalue weighted by Gasteiger charge is 2.41. The minimum absolute atomic E-state index is 0.0472. The van der Waals surface area contributed by atoms with Crippen LogP contribution in [0.5, 0.6) is 0 Å². The van der Waals surface area contributed by atoms with Gasteiger partial charge in [-0.3, -0.25) is 29.0 Å². The quantitative estimate of drug-likeness (QED) is 0.0798. The number of carbonyl (C=O) groups excluding carboxylic acids is 4. The maximum Gasteiger partial charge on any atom is 0.261 e. The van der Waals surface area contributed by atoms with Crippen LogP contribution in [0.25, 0.3) is 43.1 Å². The molecule has 0 saturated carbocycles. The topological polar surface area (TPSA) is 74.8 Å². The van der Waals surface area contributed by atoms with E-state index in [0.717, 1.165) is 43.4 Å². The summed E-state index contributed by atoms with van der Waals surface area (Å²) in [7, 11) is 0. The number of rotatable bonds is 5. The molecule has 6 aromatic rings. The van der Waals surface area contributed by atoms with Gasteiger partial charge in [0.2, 0.25) is 0 Å². The average Bonchev–Trinajstić information content (AvgIpc) is 3.11. The van der Waals surface area contributed by atoms with Crippen molar-refractivity contribution in [1.82, 2.24) is 9.80 Å². The van der Waals surface area contributed by atoms with Crippen LogP contribution in [-0.2, 0) is 0 Å². The zero-order valence-electron chi connectivity index (χ0n) is 29.5. The Morgan fingerprint density at radius 2 is 1.06 bits per heavy atom. The molecular formula is C45H36N2O4. The summed E-state index contributed by atoms with van der Waals surface area (Å²) < 4.78 is 0. The van der Waals surface area contributed by atoms with Gasteiger partial charge in [0.1, 0.15) is 0 Å². The van der Waals surface area contributed by atoms with E-state index < -0.39 is 0 Å². The largest absolute Gasteiger partial charge is 0.274 e. The van der Waals surface area contributed by atoms with E-state index in [2.05, 4.69) is 17.8 Å². The van der Waals surface area contributed by atoms with Crippen LogP contribution in [0.1, 0.15) is 99.7 Å². The van der Waals surface area contributed by atoms with Crippen molar-refractivity contribution < 1.29 is 19.2 Å². The van der Waals surface area contributed by atoms with E-state index in [4.69, 9.17) is 6.42 Å². The fourth-order valence-corrected chi connectivity index (χ4v) is 8.49. The lowest BCUT2D eigenvalue weighted by molar-refractivity contribution is 0.0435. The van der Waals surface area contributed by atoms with E-state index in [1.807, 2.05) is 102 Å². The number of terminal acetylenes is 1. The Bertz CT molecular complexity index is 2610. The second kappa shape index (κ2) is 11.5. The maximum absolute atomic E-state index is 14.6.